The van der Waals surface area contributed by atoms with Gasteiger partial charge in [-0.15, -0.1) is 11.3 Å². The average molecular weight is 353 g/mol. The van der Waals surface area contributed by atoms with Gasteiger partial charge in [0, 0.05) is 17.5 Å². The van der Waals surface area contributed by atoms with Crippen LogP contribution in [-0.2, 0) is 16.6 Å². The molecule has 21 heavy (non-hydrogen) atoms. The summed E-state index contributed by atoms with van der Waals surface area (Å²) in [5.74, 6) is -1.96. The topological polar surface area (TPSA) is 58.2 Å². The highest BCUT2D eigenvalue weighted by molar-refractivity contribution is 7.94. The van der Waals surface area contributed by atoms with E-state index in [0.29, 0.717) is 12.6 Å². The van der Waals surface area contributed by atoms with Gasteiger partial charge in [-0.2, -0.15) is 0 Å². The third-order valence-electron chi connectivity index (χ3n) is 2.50. The maximum atomic E-state index is 13.6. The van der Waals surface area contributed by atoms with Gasteiger partial charge in [-0.1, -0.05) is 11.6 Å². The lowest BCUT2D eigenvalue weighted by atomic mass is 10.3. The SMILES string of the molecule is CNCc1ccc(S(=O)(=O)Nc2c(F)cc(F)cc2Cl)s1. The molecular formula is C12H11ClF2N2O2S2. The lowest BCUT2D eigenvalue weighted by molar-refractivity contribution is 0.583. The largest absolute Gasteiger partial charge is 0.315 e. The number of anilines is 1. The molecule has 4 nitrogen and oxygen atoms in total. The molecule has 1 aromatic heterocycles. The first-order valence-electron chi connectivity index (χ1n) is 5.74. The lowest BCUT2D eigenvalue weighted by Crippen LogP contribution is -2.13. The molecule has 0 aliphatic heterocycles. The highest BCUT2D eigenvalue weighted by Gasteiger charge is 2.21. The lowest BCUT2D eigenvalue weighted by Gasteiger charge is -2.09. The van der Waals surface area contributed by atoms with E-state index in [0.717, 1.165) is 22.3 Å². The Bertz CT molecular complexity index is 739. The summed E-state index contributed by atoms with van der Waals surface area (Å²) in [5.41, 5.74) is -0.471. The first-order valence-corrected chi connectivity index (χ1v) is 8.42. The van der Waals surface area contributed by atoms with Crippen molar-refractivity contribution in [2.75, 3.05) is 11.8 Å². The second-order valence-electron chi connectivity index (χ2n) is 4.10. The first-order chi connectivity index (χ1) is 9.83. The zero-order valence-corrected chi connectivity index (χ0v) is 13.2. The Balaban J connectivity index is 2.33. The molecule has 9 heteroatoms. The number of sulfonamides is 1. The molecule has 0 aliphatic carbocycles. The van der Waals surface area contributed by atoms with Gasteiger partial charge in [-0.05, 0) is 25.2 Å². The smallest absolute Gasteiger partial charge is 0.271 e. The van der Waals surface area contributed by atoms with Crippen LogP contribution >= 0.6 is 22.9 Å². The summed E-state index contributed by atoms with van der Waals surface area (Å²) in [5, 5.41) is 2.55. The normalized spacial score (nSPS) is 11.6. The van der Waals surface area contributed by atoms with E-state index in [1.807, 2.05) is 4.72 Å². The molecule has 1 heterocycles. The van der Waals surface area contributed by atoms with Gasteiger partial charge in [0.25, 0.3) is 10.0 Å². The van der Waals surface area contributed by atoms with Crippen LogP contribution in [0.1, 0.15) is 4.88 Å². The summed E-state index contributed by atoms with van der Waals surface area (Å²) in [6, 6.07) is 4.46. The molecule has 0 aliphatic rings. The Morgan fingerprint density at radius 1 is 1.29 bits per heavy atom. The number of hydrogen-bond donors (Lipinski definition) is 2. The fourth-order valence-electron chi connectivity index (χ4n) is 1.60. The summed E-state index contributed by atoms with van der Waals surface area (Å²) < 4.78 is 53.0. The second-order valence-corrected chi connectivity index (χ2v) is 7.59. The molecule has 2 aromatic rings. The van der Waals surface area contributed by atoms with Crippen molar-refractivity contribution in [3.05, 3.63) is 45.8 Å². The molecule has 0 saturated carbocycles. The van der Waals surface area contributed by atoms with Crippen molar-refractivity contribution in [3.8, 4) is 0 Å². The van der Waals surface area contributed by atoms with E-state index < -0.39 is 27.3 Å². The van der Waals surface area contributed by atoms with Gasteiger partial charge >= 0.3 is 0 Å². The number of rotatable bonds is 5. The Kier molecular flexibility index (Phi) is 4.82. The van der Waals surface area contributed by atoms with E-state index >= 15 is 0 Å². The van der Waals surface area contributed by atoms with Crippen molar-refractivity contribution in [3.63, 3.8) is 0 Å². The minimum absolute atomic E-state index is 0.0209. The Morgan fingerprint density at radius 3 is 2.62 bits per heavy atom. The molecular weight excluding hydrogens is 342 g/mol. The van der Waals surface area contributed by atoms with Crippen LogP contribution in [0.15, 0.2) is 28.5 Å². The van der Waals surface area contributed by atoms with Gasteiger partial charge in [0.15, 0.2) is 5.82 Å². The molecule has 114 valence electrons. The number of halogens is 3. The third-order valence-corrected chi connectivity index (χ3v) is 5.72. The van der Waals surface area contributed by atoms with Crippen LogP contribution in [0.2, 0.25) is 5.02 Å². The van der Waals surface area contributed by atoms with Crippen molar-refractivity contribution in [2.45, 2.75) is 10.8 Å². The molecule has 0 unspecified atom stereocenters. The van der Waals surface area contributed by atoms with Crippen LogP contribution in [0.5, 0.6) is 0 Å². The van der Waals surface area contributed by atoms with Crippen LogP contribution in [0.25, 0.3) is 0 Å². The van der Waals surface area contributed by atoms with Crippen LogP contribution in [0, 0.1) is 11.6 Å². The van der Waals surface area contributed by atoms with Gasteiger partial charge in [0.05, 0.1) is 5.02 Å². The summed E-state index contributed by atoms with van der Waals surface area (Å²) in [6.45, 7) is 0.520. The van der Waals surface area contributed by atoms with Gasteiger partial charge in [0.1, 0.15) is 15.7 Å². The maximum Gasteiger partial charge on any atom is 0.271 e. The van der Waals surface area contributed by atoms with E-state index in [2.05, 4.69) is 5.32 Å². The van der Waals surface area contributed by atoms with Gasteiger partial charge in [-0.3, -0.25) is 4.72 Å². The van der Waals surface area contributed by atoms with Gasteiger partial charge < -0.3 is 5.32 Å². The van der Waals surface area contributed by atoms with E-state index in [1.54, 1.807) is 13.1 Å². The van der Waals surface area contributed by atoms with Crippen molar-refractivity contribution >= 4 is 38.6 Å². The monoisotopic (exact) mass is 352 g/mol. The first kappa shape index (κ1) is 16.2. The maximum absolute atomic E-state index is 13.6. The summed E-state index contributed by atoms with van der Waals surface area (Å²) in [4.78, 5) is 0.809. The van der Waals surface area contributed by atoms with Crippen molar-refractivity contribution in [2.24, 2.45) is 0 Å². The number of nitrogens with one attached hydrogen (secondary N) is 2. The third kappa shape index (κ3) is 3.70. The second kappa shape index (κ2) is 6.27. The van der Waals surface area contributed by atoms with Gasteiger partial charge in [0.2, 0.25) is 0 Å². The minimum atomic E-state index is -3.97. The fraction of sp³-hybridized carbons (Fsp3) is 0.167. The van der Waals surface area contributed by atoms with E-state index in [9.17, 15) is 17.2 Å². The minimum Gasteiger partial charge on any atom is -0.315 e. The highest BCUT2D eigenvalue weighted by Crippen LogP contribution is 2.30. The molecule has 0 saturated heterocycles. The molecule has 0 spiro atoms. The summed E-state index contributed by atoms with van der Waals surface area (Å²) >= 11 is 6.72. The molecule has 1 aromatic carbocycles. The molecule has 0 radical (unpaired) electrons. The van der Waals surface area contributed by atoms with E-state index in [1.165, 1.54) is 6.07 Å². The number of benzene rings is 1. The molecule has 2 N–H and O–H groups in total. The van der Waals surface area contributed by atoms with Crippen molar-refractivity contribution in [1.29, 1.82) is 0 Å². The summed E-state index contributed by atoms with van der Waals surface area (Å²) in [6.07, 6.45) is 0. The fourth-order valence-corrected chi connectivity index (χ4v) is 4.35. The number of hydrogen-bond acceptors (Lipinski definition) is 4. The zero-order chi connectivity index (χ0) is 15.6. The Morgan fingerprint density at radius 2 is 2.00 bits per heavy atom. The van der Waals surface area contributed by atoms with Crippen LogP contribution in [-0.4, -0.2) is 15.5 Å². The number of thiophene rings is 1. The molecule has 2 rings (SSSR count). The average Bonchev–Trinajstić information content (AvgIpc) is 2.84. The molecule has 0 bridgehead atoms. The quantitative estimate of drug-likeness (QED) is 0.868. The predicted molar refractivity (Wildman–Crippen MR) is 79.3 cm³/mol. The molecule has 0 amide bonds. The Hall–Kier alpha value is -1.22. The predicted octanol–water partition coefficient (Wildman–Crippen LogP) is 3.20. The standard InChI is InChI=1S/C12H11ClF2N2O2S2/c1-16-6-8-2-3-11(20-8)21(18,19)17-12-9(13)4-7(14)5-10(12)15/h2-5,16-17H,6H2,1H3. The Labute approximate surface area is 129 Å². The van der Waals surface area contributed by atoms with Crippen molar-refractivity contribution in [1.82, 2.24) is 5.32 Å². The molecule has 0 fully saturated rings. The highest BCUT2D eigenvalue weighted by atomic mass is 35.5. The van der Waals surface area contributed by atoms with Crippen LogP contribution in [0.4, 0.5) is 14.5 Å². The molecule has 0 atom stereocenters. The van der Waals surface area contributed by atoms with Crippen LogP contribution < -0.4 is 10.0 Å². The summed E-state index contributed by atoms with van der Waals surface area (Å²) in [7, 11) is -2.24. The zero-order valence-electron chi connectivity index (χ0n) is 10.8. The van der Waals surface area contributed by atoms with E-state index in [-0.39, 0.29) is 9.23 Å². The van der Waals surface area contributed by atoms with E-state index in [4.69, 9.17) is 11.6 Å². The van der Waals surface area contributed by atoms with Crippen molar-refractivity contribution < 1.29 is 17.2 Å². The van der Waals surface area contributed by atoms with Crippen LogP contribution in [0.3, 0.4) is 0 Å². The van der Waals surface area contributed by atoms with Gasteiger partial charge in [-0.25, -0.2) is 17.2 Å².